The van der Waals surface area contributed by atoms with Gasteiger partial charge in [-0.3, -0.25) is 0 Å². The van der Waals surface area contributed by atoms with Crippen LogP contribution in [-0.2, 0) is 11.3 Å². The van der Waals surface area contributed by atoms with Crippen molar-refractivity contribution in [3.8, 4) is 0 Å². The van der Waals surface area contributed by atoms with Crippen LogP contribution in [0.4, 0.5) is 0 Å². The zero-order valence-corrected chi connectivity index (χ0v) is 13.2. The summed E-state index contributed by atoms with van der Waals surface area (Å²) in [5, 5.41) is 7.75. The lowest BCUT2D eigenvalue weighted by molar-refractivity contribution is -0.107. The van der Waals surface area contributed by atoms with Crippen molar-refractivity contribution in [2.24, 2.45) is 0 Å². The third kappa shape index (κ3) is 3.43. The largest absolute Gasteiger partial charge is 0.361 e. The van der Waals surface area contributed by atoms with Gasteiger partial charge in [0.15, 0.2) is 0 Å². The Morgan fingerprint density at radius 2 is 2.17 bits per heavy atom. The second-order valence-corrected chi connectivity index (χ2v) is 5.66. The highest BCUT2D eigenvalue weighted by Crippen LogP contribution is 2.26. The van der Waals surface area contributed by atoms with Crippen LogP contribution in [-0.4, -0.2) is 23.4 Å². The molecule has 4 heteroatoms. The van der Waals surface area contributed by atoms with Gasteiger partial charge in [-0.15, -0.1) is 0 Å². The topological polar surface area (TPSA) is 46.1 Å². The number of rotatable bonds is 6. The fourth-order valence-corrected chi connectivity index (χ4v) is 2.86. The number of carbonyl (C=O) groups is 1. The van der Waals surface area contributed by atoms with Crippen LogP contribution in [0, 0.1) is 0 Å². The first-order chi connectivity index (χ1) is 11.3. The molecule has 23 heavy (non-hydrogen) atoms. The van der Waals surface area contributed by atoms with E-state index in [1.807, 2.05) is 24.4 Å². The van der Waals surface area contributed by atoms with Gasteiger partial charge in [-0.1, -0.05) is 30.4 Å². The second kappa shape index (κ2) is 7.11. The van der Waals surface area contributed by atoms with Crippen LogP contribution < -0.4 is 10.6 Å². The molecule has 1 atom stereocenters. The quantitative estimate of drug-likeness (QED) is 0.807. The zero-order valence-electron chi connectivity index (χ0n) is 13.2. The Labute approximate surface area is 136 Å². The number of nitrogens with one attached hydrogen (secondary N) is 2. The molecule has 2 N–H and O–H groups in total. The number of allylic oxidation sites excluding steroid dienone is 4. The van der Waals surface area contributed by atoms with E-state index < -0.39 is 0 Å². The number of aromatic nitrogens is 1. The van der Waals surface area contributed by atoms with Crippen LogP contribution in [0.15, 0.2) is 61.0 Å². The summed E-state index contributed by atoms with van der Waals surface area (Å²) >= 11 is 0. The molecule has 1 aliphatic heterocycles. The molecule has 0 fully saturated rings. The van der Waals surface area contributed by atoms with Gasteiger partial charge in [0, 0.05) is 41.6 Å². The lowest BCUT2D eigenvalue weighted by Gasteiger charge is -2.16. The number of hydrogen-bond donors (Lipinski definition) is 2. The van der Waals surface area contributed by atoms with E-state index in [1.165, 1.54) is 16.5 Å². The van der Waals surface area contributed by atoms with Crippen molar-refractivity contribution in [2.75, 3.05) is 6.54 Å². The summed E-state index contributed by atoms with van der Waals surface area (Å²) in [6.45, 7) is 3.29. The van der Waals surface area contributed by atoms with Crippen molar-refractivity contribution in [1.29, 1.82) is 0 Å². The van der Waals surface area contributed by atoms with Gasteiger partial charge in [-0.2, -0.15) is 0 Å². The molecule has 0 radical (unpaired) electrons. The molecule has 3 rings (SSSR count). The maximum Gasteiger partial charge on any atom is 0.133 e. The minimum Gasteiger partial charge on any atom is -0.361 e. The van der Waals surface area contributed by atoms with Crippen molar-refractivity contribution < 1.29 is 4.79 Å². The average molecular weight is 307 g/mol. The second-order valence-electron chi connectivity index (χ2n) is 5.66. The molecule has 0 bridgehead atoms. The molecular formula is C19H21N3O. The molecule has 0 aliphatic carbocycles. The van der Waals surface area contributed by atoms with Gasteiger partial charge < -0.3 is 20.0 Å². The summed E-state index contributed by atoms with van der Waals surface area (Å²) in [6, 6.07) is 8.70. The van der Waals surface area contributed by atoms with E-state index in [-0.39, 0.29) is 6.04 Å². The normalized spacial score (nSPS) is 15.1. The lowest BCUT2D eigenvalue weighted by Crippen LogP contribution is -2.31. The number of carbonyl (C=O) groups excluding carboxylic acids is 1. The van der Waals surface area contributed by atoms with Gasteiger partial charge in [-0.25, -0.2) is 0 Å². The fourth-order valence-electron chi connectivity index (χ4n) is 2.86. The first-order valence-electron chi connectivity index (χ1n) is 7.85. The number of aldehydes is 1. The van der Waals surface area contributed by atoms with Gasteiger partial charge in [0.05, 0.1) is 12.1 Å². The molecule has 4 nitrogen and oxygen atoms in total. The summed E-state index contributed by atoms with van der Waals surface area (Å²) < 4.78 is 2.24. The van der Waals surface area contributed by atoms with Gasteiger partial charge in [-0.05, 0) is 25.1 Å². The highest BCUT2D eigenvalue weighted by atomic mass is 16.1. The average Bonchev–Trinajstić information content (AvgIpc) is 2.80. The van der Waals surface area contributed by atoms with E-state index in [0.717, 1.165) is 18.5 Å². The van der Waals surface area contributed by atoms with E-state index in [1.54, 1.807) is 0 Å². The number of para-hydroxylation sites is 1. The number of nitrogens with zero attached hydrogens (tertiary/aromatic N) is 1. The third-order valence-electron chi connectivity index (χ3n) is 3.92. The standard InChI is InChI=1S/C19H21N3O/c1-15(20-11-13-23)14-22-12-9-16-6-5-7-17(19(16)22)18-8-3-2-4-10-21-18/h2-10,12-13,15,20-21H,11,14H2,1H3/t15-/m0/s1. The molecular weight excluding hydrogens is 286 g/mol. The molecule has 0 unspecified atom stereocenters. The highest BCUT2D eigenvalue weighted by molar-refractivity contribution is 5.92. The highest BCUT2D eigenvalue weighted by Gasteiger charge is 2.12. The lowest BCUT2D eigenvalue weighted by atomic mass is 10.1. The minimum absolute atomic E-state index is 0.222. The minimum atomic E-state index is 0.222. The van der Waals surface area contributed by atoms with E-state index in [9.17, 15) is 4.79 Å². The van der Waals surface area contributed by atoms with Crippen LogP contribution >= 0.6 is 0 Å². The molecule has 0 amide bonds. The van der Waals surface area contributed by atoms with E-state index in [4.69, 9.17) is 0 Å². The van der Waals surface area contributed by atoms with E-state index >= 15 is 0 Å². The van der Waals surface area contributed by atoms with Crippen molar-refractivity contribution in [2.45, 2.75) is 19.5 Å². The molecule has 0 spiro atoms. The number of fused-ring (bicyclic) bond motifs is 1. The smallest absolute Gasteiger partial charge is 0.133 e. The van der Waals surface area contributed by atoms with Crippen LogP contribution in [0.5, 0.6) is 0 Å². The summed E-state index contributed by atoms with van der Waals surface area (Å²) in [6.07, 6.45) is 13.0. The van der Waals surface area contributed by atoms with Crippen LogP contribution in [0.25, 0.3) is 16.6 Å². The Kier molecular flexibility index (Phi) is 4.74. The summed E-state index contributed by atoms with van der Waals surface area (Å²) in [5.41, 5.74) is 3.45. The van der Waals surface area contributed by atoms with Gasteiger partial charge in [0.1, 0.15) is 6.29 Å². The van der Waals surface area contributed by atoms with Crippen LogP contribution in [0.2, 0.25) is 0 Å². The van der Waals surface area contributed by atoms with Crippen molar-refractivity contribution in [3.05, 3.63) is 66.5 Å². The summed E-state index contributed by atoms with van der Waals surface area (Å²) in [5.74, 6) is 0. The van der Waals surface area contributed by atoms with Gasteiger partial charge in [0.25, 0.3) is 0 Å². The van der Waals surface area contributed by atoms with Crippen LogP contribution in [0.1, 0.15) is 12.5 Å². The van der Waals surface area contributed by atoms with Crippen molar-refractivity contribution in [3.63, 3.8) is 0 Å². The Morgan fingerprint density at radius 3 is 3.04 bits per heavy atom. The molecule has 1 aromatic carbocycles. The first-order valence-corrected chi connectivity index (χ1v) is 7.85. The Hall–Kier alpha value is -2.59. The predicted molar refractivity (Wildman–Crippen MR) is 94.9 cm³/mol. The Bertz CT molecular complexity index is 783. The SMILES string of the molecule is C[C@@H](Cn1ccc2cccc(C3=CC=CC=CN3)c21)NCC=O. The molecule has 2 aromatic rings. The predicted octanol–water partition coefficient (Wildman–Crippen LogP) is 2.83. The van der Waals surface area contributed by atoms with Crippen molar-refractivity contribution in [1.82, 2.24) is 15.2 Å². The molecule has 1 aliphatic rings. The molecule has 0 saturated carbocycles. The third-order valence-corrected chi connectivity index (χ3v) is 3.92. The maximum absolute atomic E-state index is 10.5. The Balaban J connectivity index is 1.97. The van der Waals surface area contributed by atoms with Gasteiger partial charge in [0.2, 0.25) is 0 Å². The van der Waals surface area contributed by atoms with Gasteiger partial charge >= 0.3 is 0 Å². The monoisotopic (exact) mass is 307 g/mol. The summed E-state index contributed by atoms with van der Waals surface area (Å²) in [4.78, 5) is 10.5. The molecule has 2 heterocycles. The van der Waals surface area contributed by atoms with Crippen molar-refractivity contribution >= 4 is 22.9 Å². The Morgan fingerprint density at radius 1 is 1.26 bits per heavy atom. The van der Waals surface area contributed by atoms with Crippen LogP contribution in [0.3, 0.4) is 0 Å². The first kappa shape index (κ1) is 15.3. The molecule has 1 aromatic heterocycles. The molecule has 118 valence electrons. The fraction of sp³-hybridized carbons (Fsp3) is 0.211. The zero-order chi connectivity index (χ0) is 16.1. The number of hydrogen-bond acceptors (Lipinski definition) is 3. The van der Waals surface area contributed by atoms with E-state index in [2.05, 4.69) is 58.7 Å². The maximum atomic E-state index is 10.5. The number of benzene rings is 1. The summed E-state index contributed by atoms with van der Waals surface area (Å²) in [7, 11) is 0. The molecule has 0 saturated heterocycles. The van der Waals surface area contributed by atoms with E-state index in [0.29, 0.717) is 6.54 Å².